The van der Waals surface area contributed by atoms with E-state index >= 15 is 0 Å². The number of aromatic nitrogens is 3. The van der Waals surface area contributed by atoms with Crippen LogP contribution in [0.15, 0.2) is 25.0 Å². The van der Waals surface area contributed by atoms with Crippen LogP contribution in [0.3, 0.4) is 0 Å². The van der Waals surface area contributed by atoms with Gasteiger partial charge in [0.1, 0.15) is 11.3 Å². The molecule has 0 saturated carbocycles. The Morgan fingerprint density at radius 3 is 2.79 bits per heavy atom. The number of piperidine rings is 1. The molecular formula is C20H28N6O2. The van der Waals surface area contributed by atoms with Gasteiger partial charge >= 0.3 is 0 Å². The lowest BCUT2D eigenvalue weighted by Gasteiger charge is -2.37. The van der Waals surface area contributed by atoms with Crippen LogP contribution in [0.25, 0.3) is 11.2 Å². The van der Waals surface area contributed by atoms with Gasteiger partial charge in [-0.15, -0.1) is 0 Å². The molecule has 1 aliphatic rings. The van der Waals surface area contributed by atoms with Crippen molar-refractivity contribution in [2.75, 3.05) is 11.9 Å². The molecule has 0 unspecified atom stereocenters. The molecule has 2 aromatic heterocycles. The normalized spacial score (nSPS) is 20.1. The number of aromatic amines is 1. The van der Waals surface area contributed by atoms with Gasteiger partial charge < -0.3 is 20.5 Å². The lowest BCUT2D eigenvalue weighted by atomic mass is 9.98. The lowest BCUT2D eigenvalue weighted by Crippen LogP contribution is -2.47. The molecular weight excluding hydrogens is 356 g/mol. The van der Waals surface area contributed by atoms with E-state index in [2.05, 4.69) is 32.2 Å². The predicted octanol–water partition coefficient (Wildman–Crippen LogP) is 2.46. The number of fused-ring (bicyclic) bond motifs is 1. The fourth-order valence-electron chi connectivity index (χ4n) is 3.50. The number of nitrogens with zero attached hydrogens (tertiary/aromatic N) is 3. The molecule has 0 spiro atoms. The fraction of sp³-hybridized carbons (Fsp3) is 0.500. The van der Waals surface area contributed by atoms with Gasteiger partial charge in [-0.3, -0.25) is 9.59 Å². The number of hydrogen-bond acceptors (Lipinski definition) is 5. The van der Waals surface area contributed by atoms with Gasteiger partial charge in [0.25, 0.3) is 5.91 Å². The van der Waals surface area contributed by atoms with E-state index < -0.39 is 0 Å². The topological polar surface area (TPSA) is 103 Å². The van der Waals surface area contributed by atoms with Gasteiger partial charge in [-0.2, -0.15) is 0 Å². The summed E-state index contributed by atoms with van der Waals surface area (Å²) in [5, 5.41) is 6.35. The molecule has 2 amide bonds. The van der Waals surface area contributed by atoms with Crippen molar-refractivity contribution in [3.8, 4) is 0 Å². The predicted molar refractivity (Wildman–Crippen MR) is 109 cm³/mol. The molecule has 3 N–H and O–H groups in total. The van der Waals surface area contributed by atoms with Crippen LogP contribution in [-0.2, 0) is 4.79 Å². The van der Waals surface area contributed by atoms with Gasteiger partial charge in [-0.05, 0) is 46.6 Å². The fourth-order valence-corrected chi connectivity index (χ4v) is 3.50. The zero-order valence-electron chi connectivity index (χ0n) is 16.9. The molecule has 8 nitrogen and oxygen atoms in total. The lowest BCUT2D eigenvalue weighted by molar-refractivity contribution is -0.129. The Labute approximate surface area is 164 Å². The van der Waals surface area contributed by atoms with E-state index in [0.29, 0.717) is 29.1 Å². The summed E-state index contributed by atoms with van der Waals surface area (Å²) in [5.74, 6) is 0.404. The molecule has 3 rings (SSSR count). The first-order valence-corrected chi connectivity index (χ1v) is 9.54. The molecule has 0 bridgehead atoms. The van der Waals surface area contributed by atoms with E-state index in [1.807, 2.05) is 32.6 Å². The number of H-pyrrole nitrogens is 1. The van der Waals surface area contributed by atoms with Gasteiger partial charge in [0.15, 0.2) is 5.65 Å². The highest BCUT2D eigenvalue weighted by Crippen LogP contribution is 2.22. The second kappa shape index (κ2) is 7.61. The van der Waals surface area contributed by atoms with Gasteiger partial charge in [0.2, 0.25) is 5.91 Å². The molecule has 8 heteroatoms. The molecule has 28 heavy (non-hydrogen) atoms. The summed E-state index contributed by atoms with van der Waals surface area (Å²) in [6.45, 7) is 12.1. The number of anilines is 1. The summed E-state index contributed by atoms with van der Waals surface area (Å²) in [7, 11) is 0. The van der Waals surface area contributed by atoms with Gasteiger partial charge in [0.05, 0.1) is 11.8 Å². The summed E-state index contributed by atoms with van der Waals surface area (Å²) in [4.78, 5) is 38.3. The first kappa shape index (κ1) is 19.9. The van der Waals surface area contributed by atoms with E-state index in [1.165, 1.54) is 6.08 Å². The van der Waals surface area contributed by atoms with Gasteiger partial charge in [-0.1, -0.05) is 6.58 Å². The Morgan fingerprint density at radius 2 is 2.14 bits per heavy atom. The summed E-state index contributed by atoms with van der Waals surface area (Å²) in [6, 6.07) is 0.301. The summed E-state index contributed by atoms with van der Waals surface area (Å²) < 4.78 is 0. The van der Waals surface area contributed by atoms with Crippen LogP contribution in [0.4, 0.5) is 5.82 Å². The van der Waals surface area contributed by atoms with Crippen molar-refractivity contribution in [3.05, 3.63) is 30.6 Å². The van der Waals surface area contributed by atoms with E-state index in [4.69, 9.17) is 0 Å². The highest BCUT2D eigenvalue weighted by Gasteiger charge is 2.28. The van der Waals surface area contributed by atoms with Crippen LogP contribution in [0.1, 0.15) is 50.9 Å². The quantitative estimate of drug-likeness (QED) is 0.703. The maximum atomic E-state index is 12.5. The van der Waals surface area contributed by atoms with Crippen LogP contribution in [0.2, 0.25) is 0 Å². The molecule has 1 aliphatic heterocycles. The minimum atomic E-state index is -0.336. The van der Waals surface area contributed by atoms with Crippen molar-refractivity contribution in [1.29, 1.82) is 0 Å². The Kier molecular flexibility index (Phi) is 5.40. The number of amides is 2. The smallest absolute Gasteiger partial charge is 0.255 e. The Bertz CT molecular complexity index is 898. The van der Waals surface area contributed by atoms with Crippen LogP contribution in [-0.4, -0.2) is 55.8 Å². The van der Waals surface area contributed by atoms with Crippen molar-refractivity contribution in [1.82, 2.24) is 25.2 Å². The number of carbonyl (C=O) groups excluding carboxylic acids is 2. The monoisotopic (exact) mass is 384 g/mol. The number of carbonyl (C=O) groups is 2. The second-order valence-electron chi connectivity index (χ2n) is 8.31. The van der Waals surface area contributed by atoms with Crippen molar-refractivity contribution < 1.29 is 9.59 Å². The molecule has 0 aliphatic carbocycles. The number of likely N-dealkylation sites (tertiary alicyclic amines) is 1. The third-order valence-corrected chi connectivity index (χ3v) is 4.80. The molecule has 2 atom stereocenters. The van der Waals surface area contributed by atoms with Crippen LogP contribution < -0.4 is 10.6 Å². The summed E-state index contributed by atoms with van der Waals surface area (Å²) >= 11 is 0. The molecule has 0 aromatic carbocycles. The standard InChI is InChI=1S/C20H28N6O2/c1-6-16(27)26-8-7-13(9-12(26)2)23-15-11-22-18-17(24-15)14(10-21-18)19(28)25-20(3,4)5/h6,10-13H,1,7-9H2,2-5H3,(H,21,22)(H,23,24)(H,25,28)/t12-,13-/m1/s1. The van der Waals surface area contributed by atoms with Crippen molar-refractivity contribution >= 4 is 28.8 Å². The first-order chi connectivity index (χ1) is 13.2. The second-order valence-corrected chi connectivity index (χ2v) is 8.31. The number of nitrogens with one attached hydrogen (secondary N) is 3. The average Bonchev–Trinajstić information content (AvgIpc) is 3.03. The van der Waals surface area contributed by atoms with E-state index in [0.717, 1.165) is 12.8 Å². The summed E-state index contributed by atoms with van der Waals surface area (Å²) in [6.07, 6.45) is 6.28. The molecule has 1 saturated heterocycles. The van der Waals surface area contributed by atoms with Crippen molar-refractivity contribution in [2.24, 2.45) is 0 Å². The molecule has 150 valence electrons. The zero-order chi connectivity index (χ0) is 20.5. The first-order valence-electron chi connectivity index (χ1n) is 9.54. The maximum absolute atomic E-state index is 12.5. The third kappa shape index (κ3) is 4.32. The maximum Gasteiger partial charge on any atom is 0.255 e. The molecule has 3 heterocycles. The van der Waals surface area contributed by atoms with E-state index in [9.17, 15) is 9.59 Å². The van der Waals surface area contributed by atoms with Gasteiger partial charge in [-0.25, -0.2) is 9.97 Å². The number of hydrogen-bond donors (Lipinski definition) is 3. The minimum Gasteiger partial charge on any atom is -0.366 e. The van der Waals surface area contributed by atoms with Crippen LogP contribution in [0.5, 0.6) is 0 Å². The van der Waals surface area contributed by atoms with E-state index in [1.54, 1.807) is 12.4 Å². The Hall–Kier alpha value is -2.90. The molecule has 0 radical (unpaired) electrons. The molecule has 1 fully saturated rings. The highest BCUT2D eigenvalue weighted by molar-refractivity contribution is 6.04. The van der Waals surface area contributed by atoms with Crippen LogP contribution in [0, 0.1) is 0 Å². The molecule has 2 aromatic rings. The summed E-state index contributed by atoms with van der Waals surface area (Å²) in [5.41, 5.74) is 1.25. The van der Waals surface area contributed by atoms with Gasteiger partial charge in [0, 0.05) is 30.4 Å². The van der Waals surface area contributed by atoms with Crippen LogP contribution >= 0.6 is 0 Å². The minimum absolute atomic E-state index is 0.0333. The van der Waals surface area contributed by atoms with E-state index in [-0.39, 0.29) is 29.4 Å². The largest absolute Gasteiger partial charge is 0.366 e. The van der Waals surface area contributed by atoms with Crippen molar-refractivity contribution in [3.63, 3.8) is 0 Å². The SMILES string of the molecule is C=CC(=O)N1CC[C@@H](Nc2cnc3[nH]cc(C(=O)NC(C)(C)C)c3n2)C[C@H]1C. The highest BCUT2D eigenvalue weighted by atomic mass is 16.2. The van der Waals surface area contributed by atoms with Crippen molar-refractivity contribution in [2.45, 2.75) is 58.2 Å². The Balaban J connectivity index is 1.74. The third-order valence-electron chi connectivity index (χ3n) is 4.80. The zero-order valence-corrected chi connectivity index (χ0v) is 16.9. The number of rotatable bonds is 4. The Morgan fingerprint density at radius 1 is 1.39 bits per heavy atom. The average molecular weight is 384 g/mol.